The monoisotopic (exact) mass is 353 g/mol. The first-order valence-corrected chi connectivity index (χ1v) is 9.94. The molecule has 0 amide bonds. The van der Waals surface area contributed by atoms with Crippen molar-refractivity contribution in [3.05, 3.63) is 16.1 Å². The molecule has 6 heteroatoms. The predicted molar refractivity (Wildman–Crippen MR) is 106 cm³/mol. The Morgan fingerprint density at radius 3 is 2.50 bits per heavy atom. The maximum absolute atomic E-state index is 4.64. The minimum atomic E-state index is 0.491. The van der Waals surface area contributed by atoms with Crippen LogP contribution in [0, 0.1) is 0 Å². The second-order valence-corrected chi connectivity index (χ2v) is 7.69. The third-order valence-corrected chi connectivity index (χ3v) is 4.73. The van der Waals surface area contributed by atoms with Gasteiger partial charge < -0.3 is 15.5 Å². The molecule has 0 aliphatic rings. The lowest BCUT2D eigenvalue weighted by Gasteiger charge is -2.11. The number of aromatic nitrogens is 1. The summed E-state index contributed by atoms with van der Waals surface area (Å²) in [7, 11) is 6.09. The molecule has 1 heterocycles. The zero-order valence-electron chi connectivity index (χ0n) is 16.1. The SMILES string of the molecule is CN=C(NCCCCCCCN(C)C)NCc1nc(C(C)C)cs1. The average Bonchev–Trinajstić information content (AvgIpc) is 3.01. The number of hydrogen-bond acceptors (Lipinski definition) is 4. The number of unbranched alkanes of at least 4 members (excludes halogenated alkanes) is 4. The van der Waals surface area contributed by atoms with Gasteiger partial charge in [0.15, 0.2) is 5.96 Å². The van der Waals surface area contributed by atoms with Crippen LogP contribution in [0.3, 0.4) is 0 Å². The lowest BCUT2D eigenvalue weighted by atomic mass is 10.1. The Bertz CT molecular complexity index is 468. The lowest BCUT2D eigenvalue weighted by Crippen LogP contribution is -2.37. The number of guanidine groups is 1. The quantitative estimate of drug-likeness (QED) is 0.363. The van der Waals surface area contributed by atoms with Gasteiger partial charge in [-0.3, -0.25) is 4.99 Å². The number of thiazole rings is 1. The molecule has 0 unspecified atom stereocenters. The molecule has 138 valence electrons. The van der Waals surface area contributed by atoms with Gasteiger partial charge >= 0.3 is 0 Å². The standard InChI is InChI=1S/C18H35N5S/c1-15(2)16-14-24-17(22-16)13-21-18(19-3)20-11-9-7-6-8-10-12-23(4)5/h14-15H,6-13H2,1-5H3,(H2,19,20,21). The summed E-state index contributed by atoms with van der Waals surface area (Å²) in [6, 6.07) is 0. The van der Waals surface area contributed by atoms with Gasteiger partial charge in [-0.1, -0.05) is 33.1 Å². The Morgan fingerprint density at radius 2 is 1.88 bits per heavy atom. The summed E-state index contributed by atoms with van der Waals surface area (Å²) in [5.74, 6) is 1.36. The summed E-state index contributed by atoms with van der Waals surface area (Å²) in [6.07, 6.45) is 6.42. The van der Waals surface area contributed by atoms with Crippen molar-refractivity contribution < 1.29 is 0 Å². The third-order valence-electron chi connectivity index (χ3n) is 3.87. The molecule has 0 saturated carbocycles. The van der Waals surface area contributed by atoms with E-state index in [0.29, 0.717) is 5.92 Å². The molecule has 0 bridgehead atoms. The van der Waals surface area contributed by atoms with Gasteiger partial charge in [0.1, 0.15) is 5.01 Å². The molecule has 1 rings (SSSR count). The first-order valence-electron chi connectivity index (χ1n) is 9.06. The maximum Gasteiger partial charge on any atom is 0.191 e. The van der Waals surface area contributed by atoms with Crippen molar-refractivity contribution in [2.24, 2.45) is 4.99 Å². The van der Waals surface area contributed by atoms with E-state index in [-0.39, 0.29) is 0 Å². The summed E-state index contributed by atoms with van der Waals surface area (Å²) in [5.41, 5.74) is 1.18. The van der Waals surface area contributed by atoms with Crippen molar-refractivity contribution in [3.63, 3.8) is 0 Å². The van der Waals surface area contributed by atoms with Crippen LogP contribution in [0.2, 0.25) is 0 Å². The fourth-order valence-corrected chi connectivity index (χ4v) is 3.24. The smallest absolute Gasteiger partial charge is 0.191 e. The highest BCUT2D eigenvalue weighted by atomic mass is 32.1. The van der Waals surface area contributed by atoms with Crippen molar-refractivity contribution in [2.45, 2.75) is 58.4 Å². The van der Waals surface area contributed by atoms with E-state index in [0.717, 1.165) is 24.1 Å². The number of nitrogens with one attached hydrogen (secondary N) is 2. The van der Waals surface area contributed by atoms with Crippen LogP contribution in [-0.4, -0.2) is 50.1 Å². The van der Waals surface area contributed by atoms with Gasteiger partial charge in [-0.15, -0.1) is 11.3 Å². The van der Waals surface area contributed by atoms with Crippen LogP contribution in [0.4, 0.5) is 0 Å². The van der Waals surface area contributed by atoms with E-state index < -0.39 is 0 Å². The van der Waals surface area contributed by atoms with Gasteiger partial charge in [-0.2, -0.15) is 0 Å². The molecule has 5 nitrogen and oxygen atoms in total. The molecule has 2 N–H and O–H groups in total. The molecule has 1 aromatic heterocycles. The zero-order valence-corrected chi connectivity index (χ0v) is 16.9. The maximum atomic E-state index is 4.64. The van der Waals surface area contributed by atoms with Crippen LogP contribution in [0.25, 0.3) is 0 Å². The number of aliphatic imine (C=N–C) groups is 1. The highest BCUT2D eigenvalue weighted by molar-refractivity contribution is 7.09. The molecular formula is C18H35N5S. The van der Waals surface area contributed by atoms with Gasteiger partial charge in [0.05, 0.1) is 12.2 Å². The topological polar surface area (TPSA) is 52.6 Å². The number of hydrogen-bond donors (Lipinski definition) is 2. The van der Waals surface area contributed by atoms with Gasteiger partial charge in [-0.25, -0.2) is 4.98 Å². The van der Waals surface area contributed by atoms with Gasteiger partial charge in [0, 0.05) is 19.0 Å². The Morgan fingerprint density at radius 1 is 1.17 bits per heavy atom. The Balaban J connectivity index is 2.10. The van der Waals surface area contributed by atoms with E-state index in [1.165, 1.54) is 44.3 Å². The second-order valence-electron chi connectivity index (χ2n) is 6.74. The summed E-state index contributed by atoms with van der Waals surface area (Å²) in [6.45, 7) is 7.26. The molecule has 0 fully saturated rings. The van der Waals surface area contributed by atoms with Crippen LogP contribution < -0.4 is 10.6 Å². The first-order chi connectivity index (χ1) is 11.5. The van der Waals surface area contributed by atoms with Crippen LogP contribution >= 0.6 is 11.3 Å². The Hall–Kier alpha value is -1.14. The fraction of sp³-hybridized carbons (Fsp3) is 0.778. The van der Waals surface area contributed by atoms with E-state index >= 15 is 0 Å². The first kappa shape index (κ1) is 20.9. The normalized spacial score (nSPS) is 12.2. The molecule has 0 spiro atoms. The molecule has 24 heavy (non-hydrogen) atoms. The van der Waals surface area contributed by atoms with Gasteiger partial charge in [0.2, 0.25) is 0 Å². The van der Waals surface area contributed by atoms with Crippen LogP contribution in [0.15, 0.2) is 10.4 Å². The highest BCUT2D eigenvalue weighted by Gasteiger charge is 2.06. The number of nitrogens with zero attached hydrogens (tertiary/aromatic N) is 3. The van der Waals surface area contributed by atoms with E-state index in [1.807, 2.05) is 7.05 Å². The molecule has 0 aliphatic heterocycles. The van der Waals surface area contributed by atoms with Crippen molar-refractivity contribution in [1.29, 1.82) is 0 Å². The van der Waals surface area contributed by atoms with Crippen LogP contribution in [-0.2, 0) is 6.54 Å². The summed E-state index contributed by atoms with van der Waals surface area (Å²) in [4.78, 5) is 11.2. The molecule has 0 atom stereocenters. The predicted octanol–water partition coefficient (Wildman–Crippen LogP) is 3.44. The van der Waals surface area contributed by atoms with E-state index in [4.69, 9.17) is 0 Å². The minimum Gasteiger partial charge on any atom is -0.356 e. The van der Waals surface area contributed by atoms with Crippen LogP contribution in [0.1, 0.15) is 62.6 Å². The lowest BCUT2D eigenvalue weighted by molar-refractivity contribution is 0.389. The summed E-state index contributed by atoms with van der Waals surface area (Å²) in [5, 5.41) is 9.99. The van der Waals surface area contributed by atoms with Crippen LogP contribution in [0.5, 0.6) is 0 Å². The molecular weight excluding hydrogens is 318 g/mol. The summed E-state index contributed by atoms with van der Waals surface area (Å²) >= 11 is 1.71. The second kappa shape index (κ2) is 12.3. The third kappa shape index (κ3) is 9.23. The Labute approximate surface area is 152 Å². The van der Waals surface area contributed by atoms with Gasteiger partial charge in [0.25, 0.3) is 0 Å². The Kier molecular flexibility index (Phi) is 10.7. The molecule has 0 radical (unpaired) electrons. The fourth-order valence-electron chi connectivity index (χ4n) is 2.34. The van der Waals surface area contributed by atoms with Crippen molar-refractivity contribution >= 4 is 17.3 Å². The zero-order chi connectivity index (χ0) is 17.8. The van der Waals surface area contributed by atoms with E-state index in [9.17, 15) is 0 Å². The largest absolute Gasteiger partial charge is 0.356 e. The molecule has 0 aliphatic carbocycles. The van der Waals surface area contributed by atoms with Crippen molar-refractivity contribution in [1.82, 2.24) is 20.5 Å². The minimum absolute atomic E-state index is 0.491. The molecule has 0 saturated heterocycles. The number of rotatable bonds is 11. The van der Waals surface area contributed by atoms with Crippen molar-refractivity contribution in [3.8, 4) is 0 Å². The van der Waals surface area contributed by atoms with E-state index in [1.54, 1.807) is 11.3 Å². The van der Waals surface area contributed by atoms with E-state index in [2.05, 4.69) is 58.8 Å². The molecule has 0 aromatic carbocycles. The van der Waals surface area contributed by atoms with Crippen molar-refractivity contribution in [2.75, 3.05) is 34.2 Å². The average molecular weight is 354 g/mol. The van der Waals surface area contributed by atoms with Gasteiger partial charge in [-0.05, 0) is 39.4 Å². The summed E-state index contributed by atoms with van der Waals surface area (Å²) < 4.78 is 0. The molecule has 1 aromatic rings. The highest BCUT2D eigenvalue weighted by Crippen LogP contribution is 2.17.